The van der Waals surface area contributed by atoms with Crippen molar-refractivity contribution >= 4 is 18.3 Å². The number of halogens is 1. The van der Waals surface area contributed by atoms with Crippen LogP contribution in [-0.4, -0.2) is 21.7 Å². The van der Waals surface area contributed by atoms with Gasteiger partial charge in [-0.25, -0.2) is 0 Å². The second-order valence-electron chi connectivity index (χ2n) is 5.14. The lowest BCUT2D eigenvalue weighted by Gasteiger charge is -2.12. The fourth-order valence-corrected chi connectivity index (χ4v) is 2.30. The molecule has 22 heavy (non-hydrogen) atoms. The van der Waals surface area contributed by atoms with E-state index in [0.717, 1.165) is 23.2 Å². The van der Waals surface area contributed by atoms with E-state index in [0.29, 0.717) is 13.0 Å². The van der Waals surface area contributed by atoms with Crippen LogP contribution in [0.15, 0.2) is 36.5 Å². The van der Waals surface area contributed by atoms with Crippen LogP contribution in [0.1, 0.15) is 23.7 Å². The van der Waals surface area contributed by atoms with Gasteiger partial charge in [0.2, 0.25) is 5.91 Å². The average molecular weight is 323 g/mol. The normalized spacial score (nSPS) is 11.6. The number of amides is 1. The Bertz CT molecular complexity index is 597. The molecule has 0 aliphatic carbocycles. The molecule has 2 aromatic rings. The van der Waals surface area contributed by atoms with E-state index in [-0.39, 0.29) is 18.3 Å². The van der Waals surface area contributed by atoms with Gasteiger partial charge in [0.1, 0.15) is 0 Å². The molecule has 5 nitrogen and oxygen atoms in total. The molecule has 1 aromatic heterocycles. The van der Waals surface area contributed by atoms with Gasteiger partial charge in [0.15, 0.2) is 0 Å². The van der Waals surface area contributed by atoms with Gasteiger partial charge in [-0.05, 0) is 18.4 Å². The Morgan fingerprint density at radius 3 is 2.68 bits per heavy atom. The van der Waals surface area contributed by atoms with Gasteiger partial charge in [-0.1, -0.05) is 37.3 Å². The summed E-state index contributed by atoms with van der Waals surface area (Å²) in [5, 5.41) is 7.24. The summed E-state index contributed by atoms with van der Waals surface area (Å²) >= 11 is 0. The van der Waals surface area contributed by atoms with E-state index in [1.807, 2.05) is 43.6 Å². The van der Waals surface area contributed by atoms with Crippen LogP contribution in [0, 0.1) is 0 Å². The fraction of sp³-hybridized carbons (Fsp3) is 0.375. The zero-order valence-electron chi connectivity index (χ0n) is 13.0. The molecule has 120 valence electrons. The summed E-state index contributed by atoms with van der Waals surface area (Å²) in [6.07, 6.45) is 3.32. The number of aryl methyl sites for hydroxylation is 2. The summed E-state index contributed by atoms with van der Waals surface area (Å²) in [7, 11) is 1.88. The number of aromatic nitrogens is 2. The summed E-state index contributed by atoms with van der Waals surface area (Å²) in [4.78, 5) is 12.1. The highest BCUT2D eigenvalue weighted by molar-refractivity contribution is 5.85. The Labute approximate surface area is 137 Å². The Hall–Kier alpha value is -1.85. The number of nitrogens with two attached hydrogens (primary N) is 1. The van der Waals surface area contributed by atoms with Gasteiger partial charge in [0, 0.05) is 25.4 Å². The fourth-order valence-electron chi connectivity index (χ4n) is 2.30. The molecule has 6 heteroatoms. The van der Waals surface area contributed by atoms with E-state index >= 15 is 0 Å². The summed E-state index contributed by atoms with van der Waals surface area (Å²) in [6, 6.07) is 9.26. The zero-order chi connectivity index (χ0) is 15.2. The number of hydrogen-bond donors (Lipinski definition) is 2. The third-order valence-electron chi connectivity index (χ3n) is 3.41. The first-order valence-corrected chi connectivity index (χ1v) is 7.18. The Kier molecular flexibility index (Phi) is 7.08. The van der Waals surface area contributed by atoms with Gasteiger partial charge in [-0.2, -0.15) is 5.10 Å². The molecule has 1 atom stereocenters. The molecule has 1 heterocycles. The highest BCUT2D eigenvalue weighted by Crippen LogP contribution is 2.07. The minimum absolute atomic E-state index is 0. The van der Waals surface area contributed by atoms with Crippen LogP contribution in [0.3, 0.4) is 0 Å². The van der Waals surface area contributed by atoms with Gasteiger partial charge in [0.05, 0.1) is 11.7 Å². The van der Waals surface area contributed by atoms with Crippen molar-refractivity contribution in [1.82, 2.24) is 15.1 Å². The highest BCUT2D eigenvalue weighted by Gasteiger charge is 2.15. The first-order chi connectivity index (χ1) is 10.1. The van der Waals surface area contributed by atoms with Crippen molar-refractivity contribution in [3.05, 3.63) is 53.3 Å². The van der Waals surface area contributed by atoms with Crippen molar-refractivity contribution < 1.29 is 4.79 Å². The molecule has 0 aliphatic rings. The van der Waals surface area contributed by atoms with Crippen molar-refractivity contribution in [2.24, 2.45) is 12.8 Å². The Morgan fingerprint density at radius 1 is 1.36 bits per heavy atom. The van der Waals surface area contributed by atoms with Gasteiger partial charge >= 0.3 is 0 Å². The minimum Gasteiger partial charge on any atom is -0.351 e. The first kappa shape index (κ1) is 18.2. The van der Waals surface area contributed by atoms with Crippen molar-refractivity contribution in [3.8, 4) is 0 Å². The van der Waals surface area contributed by atoms with Gasteiger partial charge < -0.3 is 11.1 Å². The van der Waals surface area contributed by atoms with Gasteiger partial charge in [0.25, 0.3) is 0 Å². The molecule has 0 radical (unpaired) electrons. The van der Waals surface area contributed by atoms with Crippen molar-refractivity contribution in [2.75, 3.05) is 0 Å². The number of carbonyl (C=O) groups is 1. The summed E-state index contributed by atoms with van der Waals surface area (Å²) in [5.74, 6) is -0.134. The Balaban J connectivity index is 0.00000242. The number of hydrogen-bond acceptors (Lipinski definition) is 3. The quantitative estimate of drug-likeness (QED) is 0.848. The monoisotopic (exact) mass is 322 g/mol. The summed E-state index contributed by atoms with van der Waals surface area (Å²) < 4.78 is 1.77. The van der Waals surface area contributed by atoms with E-state index in [1.165, 1.54) is 0 Å². The third kappa shape index (κ3) is 4.86. The third-order valence-corrected chi connectivity index (χ3v) is 3.41. The summed E-state index contributed by atoms with van der Waals surface area (Å²) in [5.41, 5.74) is 9.07. The topological polar surface area (TPSA) is 72.9 Å². The van der Waals surface area contributed by atoms with Crippen molar-refractivity contribution in [2.45, 2.75) is 32.4 Å². The minimum atomic E-state index is -0.533. The van der Waals surface area contributed by atoms with E-state index in [4.69, 9.17) is 5.73 Å². The number of rotatable bonds is 6. The van der Waals surface area contributed by atoms with Crippen LogP contribution in [0.5, 0.6) is 0 Å². The van der Waals surface area contributed by atoms with Crippen LogP contribution in [-0.2, 0) is 31.2 Å². The SMILES string of the molecule is CCc1nn(C)cc1CNC(=O)[C@@H](N)Cc1ccccc1.Cl. The predicted molar refractivity (Wildman–Crippen MR) is 89.8 cm³/mol. The lowest BCUT2D eigenvalue weighted by molar-refractivity contribution is -0.122. The van der Waals surface area contributed by atoms with Crippen molar-refractivity contribution in [1.29, 1.82) is 0 Å². The lowest BCUT2D eigenvalue weighted by atomic mass is 10.1. The van der Waals surface area contributed by atoms with E-state index in [2.05, 4.69) is 17.3 Å². The maximum atomic E-state index is 12.1. The predicted octanol–water partition coefficient (Wildman–Crippen LogP) is 1.59. The standard InChI is InChI=1S/C16H22N4O.ClH/c1-3-15-13(11-20(2)19-15)10-18-16(21)14(17)9-12-7-5-4-6-8-12;/h4-8,11,14H,3,9-10,17H2,1-2H3,(H,18,21);1H/t14-;/m0./s1. The number of nitrogens with zero attached hydrogens (tertiary/aromatic N) is 2. The zero-order valence-corrected chi connectivity index (χ0v) is 13.8. The van der Waals surface area contributed by atoms with E-state index in [1.54, 1.807) is 4.68 Å². The highest BCUT2D eigenvalue weighted by atomic mass is 35.5. The maximum absolute atomic E-state index is 12.1. The molecule has 3 N–H and O–H groups in total. The second-order valence-corrected chi connectivity index (χ2v) is 5.14. The van der Waals surface area contributed by atoms with E-state index in [9.17, 15) is 4.79 Å². The molecule has 0 saturated carbocycles. The molecule has 1 aromatic carbocycles. The smallest absolute Gasteiger partial charge is 0.237 e. The van der Waals surface area contributed by atoms with Crippen LogP contribution in [0.4, 0.5) is 0 Å². The number of nitrogens with one attached hydrogen (secondary N) is 1. The van der Waals surface area contributed by atoms with Gasteiger partial charge in [-0.3, -0.25) is 9.48 Å². The van der Waals surface area contributed by atoms with Crippen molar-refractivity contribution in [3.63, 3.8) is 0 Å². The maximum Gasteiger partial charge on any atom is 0.237 e. The molecule has 0 spiro atoms. The Morgan fingerprint density at radius 2 is 2.05 bits per heavy atom. The van der Waals surface area contributed by atoms with Crippen LogP contribution in [0.2, 0.25) is 0 Å². The van der Waals surface area contributed by atoms with E-state index < -0.39 is 6.04 Å². The van der Waals surface area contributed by atoms with Crippen LogP contribution in [0.25, 0.3) is 0 Å². The molecular formula is C16H23ClN4O. The van der Waals surface area contributed by atoms with Crippen LogP contribution < -0.4 is 11.1 Å². The molecule has 1 amide bonds. The van der Waals surface area contributed by atoms with Gasteiger partial charge in [-0.15, -0.1) is 12.4 Å². The number of benzene rings is 1. The molecule has 0 saturated heterocycles. The lowest BCUT2D eigenvalue weighted by Crippen LogP contribution is -2.41. The van der Waals surface area contributed by atoms with Crippen LogP contribution >= 0.6 is 12.4 Å². The molecule has 2 rings (SSSR count). The molecule has 0 aliphatic heterocycles. The largest absolute Gasteiger partial charge is 0.351 e. The molecule has 0 bridgehead atoms. The summed E-state index contributed by atoms with van der Waals surface area (Å²) in [6.45, 7) is 2.52. The molecular weight excluding hydrogens is 300 g/mol. The molecule has 0 fully saturated rings. The second kappa shape index (κ2) is 8.56. The first-order valence-electron chi connectivity index (χ1n) is 7.18. The average Bonchev–Trinajstić information content (AvgIpc) is 2.85. The molecule has 0 unspecified atom stereocenters. The number of carbonyl (C=O) groups excluding carboxylic acids is 1.